The van der Waals surface area contributed by atoms with Gasteiger partial charge < -0.3 is 19.9 Å². The van der Waals surface area contributed by atoms with Gasteiger partial charge in [-0.3, -0.25) is 4.98 Å². The number of nitrogens with one attached hydrogen (secondary N) is 1. The Balaban J connectivity index is 1.72. The molecule has 0 amide bonds. The molecule has 3 aromatic rings. The van der Waals surface area contributed by atoms with Crippen molar-refractivity contribution in [2.45, 2.75) is 24.8 Å². The fraction of sp³-hybridized carbons (Fsp3) is 0.368. The fourth-order valence-electron chi connectivity index (χ4n) is 2.62. The third-order valence-corrected chi connectivity index (χ3v) is 5.12. The molecule has 138 valence electrons. The van der Waals surface area contributed by atoms with Crippen LogP contribution in [0.1, 0.15) is 16.8 Å². The number of fused-ring (bicyclic) bond motifs is 1. The lowest BCUT2D eigenvalue weighted by Gasteiger charge is -2.17. The number of aliphatic hydroxyl groups excluding tert-OH is 2. The molecule has 0 bridgehead atoms. The molecular formula is C19H23N3O3S. The molecule has 2 heterocycles. The molecule has 6 nitrogen and oxygen atoms in total. The van der Waals surface area contributed by atoms with Gasteiger partial charge in [0, 0.05) is 29.0 Å². The van der Waals surface area contributed by atoms with E-state index >= 15 is 0 Å². The number of aromatic nitrogens is 3. The van der Waals surface area contributed by atoms with Crippen LogP contribution in [-0.4, -0.2) is 45.0 Å². The van der Waals surface area contributed by atoms with Crippen LogP contribution in [0.5, 0.6) is 5.75 Å². The van der Waals surface area contributed by atoms with E-state index in [-0.39, 0.29) is 25.7 Å². The number of nitrogens with zero attached hydrogens (tertiary/aromatic N) is 2. The van der Waals surface area contributed by atoms with Crippen LogP contribution >= 0.6 is 11.8 Å². The van der Waals surface area contributed by atoms with Gasteiger partial charge in [-0.05, 0) is 26.0 Å². The number of rotatable bonds is 8. The summed E-state index contributed by atoms with van der Waals surface area (Å²) in [6.07, 6.45) is 1.80. The third-order valence-electron chi connectivity index (χ3n) is 4.24. The molecule has 0 spiro atoms. The zero-order chi connectivity index (χ0) is 18.5. The van der Waals surface area contributed by atoms with Gasteiger partial charge in [-0.2, -0.15) is 0 Å². The van der Waals surface area contributed by atoms with Gasteiger partial charge in [0.25, 0.3) is 0 Å². The van der Waals surface area contributed by atoms with Gasteiger partial charge in [-0.25, -0.2) is 4.98 Å². The van der Waals surface area contributed by atoms with Gasteiger partial charge in [0.15, 0.2) is 5.16 Å². The van der Waals surface area contributed by atoms with Crippen molar-refractivity contribution in [3.05, 3.63) is 47.3 Å². The molecule has 0 aliphatic rings. The zero-order valence-corrected chi connectivity index (χ0v) is 15.7. The Morgan fingerprint density at radius 1 is 1.19 bits per heavy atom. The number of imidazole rings is 1. The molecule has 1 aromatic carbocycles. The minimum atomic E-state index is -0.282. The largest absolute Gasteiger partial charge is 0.492 e. The number of para-hydroxylation sites is 2. The van der Waals surface area contributed by atoms with E-state index in [2.05, 4.69) is 15.0 Å². The standard InChI is InChI=1S/C19H23N3O3S/c1-12-7-20-17(13(2)18(12)25-10-14(8-23)9-24)11-26-19-21-15-5-3-4-6-16(15)22-19/h3-7,14,23-24H,8-11H2,1-2H3,(H,21,22). The fourth-order valence-corrected chi connectivity index (χ4v) is 3.53. The van der Waals surface area contributed by atoms with Crippen molar-refractivity contribution in [2.75, 3.05) is 19.8 Å². The first-order chi connectivity index (χ1) is 12.6. The molecule has 0 aliphatic heterocycles. The predicted octanol–water partition coefficient (Wildman–Crippen LogP) is 2.85. The minimum absolute atomic E-state index is 0.103. The number of aryl methyl sites for hydroxylation is 1. The van der Waals surface area contributed by atoms with Crippen molar-refractivity contribution in [3.63, 3.8) is 0 Å². The molecule has 7 heteroatoms. The summed E-state index contributed by atoms with van der Waals surface area (Å²) in [5.74, 6) is 1.16. The van der Waals surface area contributed by atoms with Crippen LogP contribution in [0.25, 0.3) is 11.0 Å². The molecule has 2 aromatic heterocycles. The second-order valence-corrected chi connectivity index (χ2v) is 7.20. The molecule has 26 heavy (non-hydrogen) atoms. The van der Waals surface area contributed by atoms with Crippen molar-refractivity contribution in [1.29, 1.82) is 0 Å². The van der Waals surface area contributed by atoms with E-state index in [1.54, 1.807) is 18.0 Å². The van der Waals surface area contributed by atoms with Crippen LogP contribution in [0.4, 0.5) is 0 Å². The summed E-state index contributed by atoms with van der Waals surface area (Å²) in [6.45, 7) is 3.99. The minimum Gasteiger partial charge on any atom is -0.492 e. The van der Waals surface area contributed by atoms with Gasteiger partial charge in [-0.15, -0.1) is 0 Å². The highest BCUT2D eigenvalue weighted by atomic mass is 32.2. The number of pyridine rings is 1. The van der Waals surface area contributed by atoms with Crippen LogP contribution in [0.2, 0.25) is 0 Å². The first-order valence-electron chi connectivity index (χ1n) is 8.49. The average molecular weight is 373 g/mol. The van der Waals surface area contributed by atoms with Gasteiger partial charge in [0.05, 0.1) is 36.5 Å². The Hall–Kier alpha value is -2.09. The average Bonchev–Trinajstić information content (AvgIpc) is 3.07. The number of benzene rings is 1. The van der Waals surface area contributed by atoms with Gasteiger partial charge >= 0.3 is 0 Å². The first kappa shape index (κ1) is 18.7. The van der Waals surface area contributed by atoms with Gasteiger partial charge in [0.1, 0.15) is 5.75 Å². The summed E-state index contributed by atoms with van der Waals surface area (Å²) in [5, 5.41) is 19.3. The number of hydrogen-bond acceptors (Lipinski definition) is 6. The van der Waals surface area contributed by atoms with Gasteiger partial charge in [0.2, 0.25) is 0 Å². The molecular weight excluding hydrogens is 350 g/mol. The van der Waals surface area contributed by atoms with E-state index in [0.29, 0.717) is 5.75 Å². The molecule has 0 fully saturated rings. The van der Waals surface area contributed by atoms with E-state index in [4.69, 9.17) is 4.74 Å². The smallest absolute Gasteiger partial charge is 0.166 e. The molecule has 0 aliphatic carbocycles. The predicted molar refractivity (Wildman–Crippen MR) is 103 cm³/mol. The maximum Gasteiger partial charge on any atom is 0.166 e. The molecule has 0 radical (unpaired) electrons. The SMILES string of the molecule is Cc1cnc(CSc2nc3ccccc3[nH]2)c(C)c1OCC(CO)CO. The van der Waals surface area contributed by atoms with E-state index in [1.807, 2.05) is 38.1 Å². The van der Waals surface area contributed by atoms with Crippen LogP contribution in [0.15, 0.2) is 35.6 Å². The molecule has 3 rings (SSSR count). The van der Waals surface area contributed by atoms with Crippen LogP contribution in [0.3, 0.4) is 0 Å². The summed E-state index contributed by atoms with van der Waals surface area (Å²) >= 11 is 1.60. The van der Waals surface area contributed by atoms with Crippen molar-refractivity contribution in [3.8, 4) is 5.75 Å². The Morgan fingerprint density at radius 2 is 1.96 bits per heavy atom. The highest BCUT2D eigenvalue weighted by molar-refractivity contribution is 7.98. The summed E-state index contributed by atoms with van der Waals surface area (Å²) in [5.41, 5.74) is 4.82. The normalized spacial score (nSPS) is 11.4. The number of ether oxygens (including phenoxy) is 1. The number of hydrogen-bond donors (Lipinski definition) is 3. The second kappa shape index (κ2) is 8.53. The lowest BCUT2D eigenvalue weighted by atomic mass is 10.1. The Labute approximate surface area is 156 Å². The highest BCUT2D eigenvalue weighted by Crippen LogP contribution is 2.29. The summed E-state index contributed by atoms with van der Waals surface area (Å²) in [6, 6.07) is 7.94. The van der Waals surface area contributed by atoms with Crippen molar-refractivity contribution in [2.24, 2.45) is 5.92 Å². The maximum absolute atomic E-state index is 9.20. The van der Waals surface area contributed by atoms with E-state index in [1.165, 1.54) is 0 Å². The number of aromatic amines is 1. The van der Waals surface area contributed by atoms with E-state index in [0.717, 1.165) is 38.8 Å². The van der Waals surface area contributed by atoms with Gasteiger partial charge in [-0.1, -0.05) is 23.9 Å². The van der Waals surface area contributed by atoms with Crippen LogP contribution in [0, 0.1) is 19.8 Å². The van der Waals surface area contributed by atoms with Crippen molar-refractivity contribution < 1.29 is 14.9 Å². The molecule has 0 unspecified atom stereocenters. The van der Waals surface area contributed by atoms with Crippen LogP contribution in [-0.2, 0) is 5.75 Å². The summed E-state index contributed by atoms with van der Waals surface area (Å²) in [4.78, 5) is 12.4. The van der Waals surface area contributed by atoms with E-state index in [9.17, 15) is 10.2 Å². The Bertz CT molecular complexity index is 845. The lowest BCUT2D eigenvalue weighted by molar-refractivity contribution is 0.105. The van der Waals surface area contributed by atoms with Crippen molar-refractivity contribution in [1.82, 2.24) is 15.0 Å². The number of thioether (sulfide) groups is 1. The Morgan fingerprint density at radius 3 is 2.69 bits per heavy atom. The summed E-state index contributed by atoms with van der Waals surface area (Å²) < 4.78 is 5.86. The highest BCUT2D eigenvalue weighted by Gasteiger charge is 2.14. The van der Waals surface area contributed by atoms with Crippen molar-refractivity contribution >= 4 is 22.8 Å². The first-order valence-corrected chi connectivity index (χ1v) is 9.48. The molecule has 0 saturated heterocycles. The maximum atomic E-state index is 9.20. The number of H-pyrrole nitrogens is 1. The topological polar surface area (TPSA) is 91.3 Å². The molecule has 3 N–H and O–H groups in total. The number of aliphatic hydroxyl groups is 2. The summed E-state index contributed by atoms with van der Waals surface area (Å²) in [7, 11) is 0. The lowest BCUT2D eigenvalue weighted by Crippen LogP contribution is -2.20. The van der Waals surface area contributed by atoms with Crippen LogP contribution < -0.4 is 4.74 Å². The zero-order valence-electron chi connectivity index (χ0n) is 14.9. The molecule has 0 atom stereocenters. The molecule has 0 saturated carbocycles. The monoisotopic (exact) mass is 373 g/mol. The Kier molecular flexibility index (Phi) is 6.13. The van der Waals surface area contributed by atoms with E-state index < -0.39 is 0 Å². The third kappa shape index (κ3) is 4.17. The quantitative estimate of drug-likeness (QED) is 0.526. The second-order valence-electron chi connectivity index (χ2n) is 6.23.